The van der Waals surface area contributed by atoms with Crippen LogP contribution < -0.4 is 9.64 Å². The third kappa shape index (κ3) is 2.38. The van der Waals surface area contributed by atoms with Gasteiger partial charge in [0.25, 0.3) is 5.91 Å². The molecule has 0 N–H and O–H groups in total. The summed E-state index contributed by atoms with van der Waals surface area (Å²) in [5.74, 6) is 1.33. The molecule has 1 aromatic heterocycles. The van der Waals surface area contributed by atoms with Crippen LogP contribution in [0.15, 0.2) is 53.2 Å². The van der Waals surface area contributed by atoms with Crippen LogP contribution in [0.25, 0.3) is 6.08 Å². The van der Waals surface area contributed by atoms with E-state index >= 15 is 0 Å². The molecule has 0 radical (unpaired) electrons. The zero-order valence-corrected chi connectivity index (χ0v) is 10.3. The Morgan fingerprint density at radius 3 is 2.95 bits per heavy atom. The van der Waals surface area contributed by atoms with Crippen molar-refractivity contribution in [2.45, 2.75) is 0 Å². The van der Waals surface area contributed by atoms with Crippen molar-refractivity contribution in [1.29, 1.82) is 0 Å². The number of carbonyl (C=O) groups excluding carboxylic acids is 1. The first kappa shape index (κ1) is 11.6. The van der Waals surface area contributed by atoms with Crippen molar-refractivity contribution < 1.29 is 13.9 Å². The molecule has 19 heavy (non-hydrogen) atoms. The molecule has 96 valence electrons. The molecule has 2 aromatic rings. The molecular weight excluding hydrogens is 242 g/mol. The summed E-state index contributed by atoms with van der Waals surface area (Å²) in [4.78, 5) is 13.9. The SMILES string of the molecule is O=C(/C=C/c1ccco1)N1CCOc2ccccc21. The standard InChI is InChI=1S/C15H13NO3/c17-15(8-7-12-4-3-10-18-12)16-9-11-19-14-6-2-1-5-13(14)16/h1-8,10H,9,11H2/b8-7+. The lowest BCUT2D eigenvalue weighted by molar-refractivity contribution is -0.114. The molecule has 1 aliphatic heterocycles. The molecule has 4 heteroatoms. The summed E-state index contributed by atoms with van der Waals surface area (Å²) in [6, 6.07) is 11.1. The molecule has 0 saturated carbocycles. The van der Waals surface area contributed by atoms with E-state index in [0.29, 0.717) is 18.9 Å². The maximum Gasteiger partial charge on any atom is 0.251 e. The predicted molar refractivity (Wildman–Crippen MR) is 72.0 cm³/mol. The Balaban J connectivity index is 1.81. The van der Waals surface area contributed by atoms with Gasteiger partial charge in [-0.15, -0.1) is 0 Å². The van der Waals surface area contributed by atoms with E-state index in [4.69, 9.17) is 9.15 Å². The number of benzene rings is 1. The number of para-hydroxylation sites is 2. The molecular formula is C15H13NO3. The number of nitrogens with zero attached hydrogens (tertiary/aromatic N) is 1. The largest absolute Gasteiger partial charge is 0.490 e. The monoisotopic (exact) mass is 255 g/mol. The van der Waals surface area contributed by atoms with Crippen molar-refractivity contribution in [2.24, 2.45) is 0 Å². The predicted octanol–water partition coefficient (Wildman–Crippen LogP) is 2.72. The summed E-state index contributed by atoms with van der Waals surface area (Å²) in [5.41, 5.74) is 0.808. The Labute approximate surface area is 110 Å². The first-order valence-corrected chi connectivity index (χ1v) is 6.09. The topological polar surface area (TPSA) is 42.7 Å². The van der Waals surface area contributed by atoms with Gasteiger partial charge in [0.15, 0.2) is 0 Å². The highest BCUT2D eigenvalue weighted by molar-refractivity contribution is 6.04. The summed E-state index contributed by atoms with van der Waals surface area (Å²) in [6.45, 7) is 1.07. The summed E-state index contributed by atoms with van der Waals surface area (Å²) in [5, 5.41) is 0. The smallest absolute Gasteiger partial charge is 0.251 e. The molecule has 1 amide bonds. The van der Waals surface area contributed by atoms with Crippen molar-refractivity contribution >= 4 is 17.7 Å². The minimum Gasteiger partial charge on any atom is -0.490 e. The number of hydrogen-bond acceptors (Lipinski definition) is 3. The molecule has 1 aliphatic rings. The van der Waals surface area contributed by atoms with Gasteiger partial charge in [-0.25, -0.2) is 0 Å². The van der Waals surface area contributed by atoms with E-state index in [1.807, 2.05) is 24.3 Å². The van der Waals surface area contributed by atoms with Crippen molar-refractivity contribution in [3.05, 3.63) is 54.5 Å². The van der Waals surface area contributed by atoms with Gasteiger partial charge < -0.3 is 14.1 Å². The molecule has 0 unspecified atom stereocenters. The number of ether oxygens (including phenoxy) is 1. The fourth-order valence-corrected chi connectivity index (χ4v) is 2.03. The quantitative estimate of drug-likeness (QED) is 0.775. The maximum absolute atomic E-state index is 12.2. The summed E-state index contributed by atoms with van der Waals surface area (Å²) >= 11 is 0. The fraction of sp³-hybridized carbons (Fsp3) is 0.133. The zero-order valence-electron chi connectivity index (χ0n) is 10.3. The minimum atomic E-state index is -0.0767. The summed E-state index contributed by atoms with van der Waals surface area (Å²) < 4.78 is 10.7. The third-order valence-electron chi connectivity index (χ3n) is 2.93. The van der Waals surface area contributed by atoms with Crippen molar-refractivity contribution in [3.63, 3.8) is 0 Å². The van der Waals surface area contributed by atoms with Gasteiger partial charge in [-0.1, -0.05) is 12.1 Å². The maximum atomic E-state index is 12.2. The van der Waals surface area contributed by atoms with Crippen LogP contribution >= 0.6 is 0 Å². The highest BCUT2D eigenvalue weighted by atomic mass is 16.5. The molecule has 0 fully saturated rings. The first-order chi connectivity index (χ1) is 9.34. The van der Waals surface area contributed by atoms with Crippen LogP contribution in [0.4, 0.5) is 5.69 Å². The molecule has 1 aromatic carbocycles. The summed E-state index contributed by atoms with van der Waals surface area (Å²) in [7, 11) is 0. The molecule has 0 bridgehead atoms. The van der Waals surface area contributed by atoms with Crippen LogP contribution in [0.1, 0.15) is 5.76 Å². The van der Waals surface area contributed by atoms with E-state index < -0.39 is 0 Å². The van der Waals surface area contributed by atoms with E-state index in [1.54, 1.807) is 29.4 Å². The fourth-order valence-electron chi connectivity index (χ4n) is 2.03. The number of fused-ring (bicyclic) bond motifs is 1. The van der Waals surface area contributed by atoms with Gasteiger partial charge in [0, 0.05) is 6.08 Å². The Hall–Kier alpha value is -2.49. The van der Waals surface area contributed by atoms with Gasteiger partial charge in [-0.2, -0.15) is 0 Å². The Morgan fingerprint density at radius 1 is 1.21 bits per heavy atom. The molecule has 0 spiro atoms. The van der Waals surface area contributed by atoms with E-state index in [0.717, 1.165) is 11.4 Å². The molecule has 0 atom stereocenters. The molecule has 0 saturated heterocycles. The number of rotatable bonds is 2. The lowest BCUT2D eigenvalue weighted by atomic mass is 10.2. The molecule has 4 nitrogen and oxygen atoms in total. The van der Waals surface area contributed by atoms with Crippen LogP contribution in [-0.2, 0) is 4.79 Å². The van der Waals surface area contributed by atoms with Gasteiger partial charge in [0.2, 0.25) is 0 Å². The first-order valence-electron chi connectivity index (χ1n) is 6.09. The number of furan rings is 1. The highest BCUT2D eigenvalue weighted by Gasteiger charge is 2.21. The Kier molecular flexibility index (Phi) is 3.06. The van der Waals surface area contributed by atoms with Gasteiger partial charge in [0.1, 0.15) is 18.1 Å². The normalized spacial score (nSPS) is 14.2. The Bertz CT molecular complexity index is 602. The Morgan fingerprint density at radius 2 is 2.11 bits per heavy atom. The van der Waals surface area contributed by atoms with Gasteiger partial charge in [-0.3, -0.25) is 4.79 Å². The highest BCUT2D eigenvalue weighted by Crippen LogP contribution is 2.31. The van der Waals surface area contributed by atoms with E-state index in [9.17, 15) is 4.79 Å². The van der Waals surface area contributed by atoms with Crippen LogP contribution in [0, 0.1) is 0 Å². The van der Waals surface area contributed by atoms with E-state index in [-0.39, 0.29) is 5.91 Å². The van der Waals surface area contributed by atoms with Gasteiger partial charge in [0.05, 0.1) is 18.5 Å². The molecule has 2 heterocycles. The van der Waals surface area contributed by atoms with Gasteiger partial charge in [-0.05, 0) is 30.3 Å². The van der Waals surface area contributed by atoms with Crippen LogP contribution in [-0.4, -0.2) is 19.1 Å². The van der Waals surface area contributed by atoms with Crippen molar-refractivity contribution in [2.75, 3.05) is 18.1 Å². The van der Waals surface area contributed by atoms with Crippen LogP contribution in [0.2, 0.25) is 0 Å². The van der Waals surface area contributed by atoms with E-state index in [1.165, 1.54) is 6.08 Å². The average Bonchev–Trinajstić information content (AvgIpc) is 2.97. The zero-order chi connectivity index (χ0) is 13.1. The second-order valence-corrected chi connectivity index (χ2v) is 4.15. The number of amides is 1. The third-order valence-corrected chi connectivity index (χ3v) is 2.93. The summed E-state index contributed by atoms with van der Waals surface area (Å²) in [6.07, 6.45) is 4.76. The molecule has 3 rings (SSSR count). The lowest BCUT2D eigenvalue weighted by Crippen LogP contribution is -2.36. The second-order valence-electron chi connectivity index (χ2n) is 4.15. The second kappa shape index (κ2) is 5.02. The minimum absolute atomic E-state index is 0.0767. The van der Waals surface area contributed by atoms with Crippen LogP contribution in [0.3, 0.4) is 0 Å². The van der Waals surface area contributed by atoms with Crippen LogP contribution in [0.5, 0.6) is 5.75 Å². The average molecular weight is 255 g/mol. The lowest BCUT2D eigenvalue weighted by Gasteiger charge is -2.28. The molecule has 0 aliphatic carbocycles. The van der Waals surface area contributed by atoms with Gasteiger partial charge >= 0.3 is 0 Å². The number of carbonyl (C=O) groups is 1. The number of anilines is 1. The van der Waals surface area contributed by atoms with E-state index in [2.05, 4.69) is 0 Å². The van der Waals surface area contributed by atoms with Crippen molar-refractivity contribution in [1.82, 2.24) is 0 Å². The van der Waals surface area contributed by atoms with Crippen molar-refractivity contribution in [3.8, 4) is 5.75 Å². The number of hydrogen-bond donors (Lipinski definition) is 0.